The molecular formula is C19H25NO4. The fraction of sp³-hybridized carbons (Fsp3) is 0.368. The van der Waals surface area contributed by atoms with Gasteiger partial charge >= 0.3 is 0 Å². The molecule has 0 bridgehead atoms. The van der Waals surface area contributed by atoms with Crippen LogP contribution in [0.5, 0.6) is 23.0 Å². The third-order valence-corrected chi connectivity index (χ3v) is 3.41. The Morgan fingerprint density at radius 2 is 1.50 bits per heavy atom. The minimum Gasteiger partial charge on any atom is -0.493 e. The number of rotatable bonds is 10. The molecule has 0 saturated carbocycles. The maximum atomic E-state index is 5.80. The van der Waals surface area contributed by atoms with Crippen molar-refractivity contribution in [2.24, 2.45) is 5.73 Å². The Hall–Kier alpha value is -2.40. The van der Waals surface area contributed by atoms with Gasteiger partial charge in [0.05, 0.1) is 13.7 Å². The van der Waals surface area contributed by atoms with E-state index in [0.717, 1.165) is 17.7 Å². The first kappa shape index (κ1) is 17.9. The predicted molar refractivity (Wildman–Crippen MR) is 94.4 cm³/mol. The topological polar surface area (TPSA) is 62.9 Å². The Bertz CT molecular complexity index is 631. The molecule has 2 aromatic carbocycles. The molecule has 0 radical (unpaired) electrons. The summed E-state index contributed by atoms with van der Waals surface area (Å²) in [5.41, 5.74) is 6.74. The van der Waals surface area contributed by atoms with Crippen LogP contribution in [-0.2, 0) is 6.42 Å². The summed E-state index contributed by atoms with van der Waals surface area (Å²) in [4.78, 5) is 0. The minimum absolute atomic E-state index is 0.411. The second-order valence-electron chi connectivity index (χ2n) is 5.10. The van der Waals surface area contributed by atoms with Crippen LogP contribution >= 0.6 is 0 Å². The third-order valence-electron chi connectivity index (χ3n) is 3.41. The summed E-state index contributed by atoms with van der Waals surface area (Å²) in [6.45, 7) is 3.97. The van der Waals surface area contributed by atoms with Crippen LogP contribution in [0.2, 0.25) is 0 Å². The van der Waals surface area contributed by atoms with Crippen molar-refractivity contribution >= 4 is 0 Å². The summed E-state index contributed by atoms with van der Waals surface area (Å²) in [5.74, 6) is 2.85. The highest BCUT2D eigenvalue weighted by molar-refractivity contribution is 5.43. The zero-order valence-corrected chi connectivity index (χ0v) is 14.3. The monoisotopic (exact) mass is 331 g/mol. The summed E-state index contributed by atoms with van der Waals surface area (Å²) in [6.07, 6.45) is 0.817. The zero-order valence-electron chi connectivity index (χ0n) is 14.3. The van der Waals surface area contributed by atoms with Gasteiger partial charge in [0.1, 0.15) is 13.2 Å². The zero-order chi connectivity index (χ0) is 17.2. The predicted octanol–water partition coefficient (Wildman–Crippen LogP) is 3.05. The quantitative estimate of drug-likeness (QED) is 0.678. The highest BCUT2D eigenvalue weighted by Crippen LogP contribution is 2.29. The van der Waals surface area contributed by atoms with Crippen LogP contribution in [0.1, 0.15) is 12.5 Å². The van der Waals surface area contributed by atoms with Crippen molar-refractivity contribution in [1.82, 2.24) is 0 Å². The van der Waals surface area contributed by atoms with E-state index in [1.54, 1.807) is 7.11 Å². The molecule has 0 unspecified atom stereocenters. The molecule has 0 amide bonds. The van der Waals surface area contributed by atoms with Crippen molar-refractivity contribution in [1.29, 1.82) is 0 Å². The number of para-hydroxylation sites is 2. The lowest BCUT2D eigenvalue weighted by Gasteiger charge is -2.14. The second kappa shape index (κ2) is 9.67. The average Bonchev–Trinajstić information content (AvgIpc) is 2.61. The van der Waals surface area contributed by atoms with Crippen molar-refractivity contribution in [3.63, 3.8) is 0 Å². The van der Waals surface area contributed by atoms with E-state index in [2.05, 4.69) is 0 Å². The van der Waals surface area contributed by atoms with E-state index < -0.39 is 0 Å². The van der Waals surface area contributed by atoms with Crippen molar-refractivity contribution in [2.75, 3.05) is 33.5 Å². The molecule has 0 saturated heterocycles. The molecule has 0 aliphatic heterocycles. The van der Waals surface area contributed by atoms with Crippen LogP contribution in [0, 0.1) is 0 Å². The van der Waals surface area contributed by atoms with E-state index in [1.807, 2.05) is 49.4 Å². The first-order valence-electron chi connectivity index (χ1n) is 8.13. The number of benzene rings is 2. The van der Waals surface area contributed by atoms with E-state index >= 15 is 0 Å². The minimum atomic E-state index is 0.411. The van der Waals surface area contributed by atoms with Crippen LogP contribution in [0.25, 0.3) is 0 Å². The van der Waals surface area contributed by atoms with E-state index in [9.17, 15) is 0 Å². The molecule has 0 atom stereocenters. The number of methoxy groups -OCH3 is 1. The molecular weight excluding hydrogens is 306 g/mol. The molecule has 0 aliphatic carbocycles. The van der Waals surface area contributed by atoms with Crippen LogP contribution in [-0.4, -0.2) is 33.5 Å². The van der Waals surface area contributed by atoms with Gasteiger partial charge in [-0.25, -0.2) is 0 Å². The standard InChI is InChI=1S/C19H25NO4/c1-3-22-19-14-15(10-11-20)8-9-18(19)24-13-12-23-17-7-5-4-6-16(17)21-2/h4-9,14H,3,10-13,20H2,1-2H3. The third kappa shape index (κ3) is 5.06. The second-order valence-corrected chi connectivity index (χ2v) is 5.10. The summed E-state index contributed by atoms with van der Waals surface area (Å²) in [5, 5.41) is 0. The molecule has 2 aromatic rings. The fourth-order valence-electron chi connectivity index (χ4n) is 2.30. The van der Waals surface area contributed by atoms with Gasteiger partial charge < -0.3 is 24.7 Å². The van der Waals surface area contributed by atoms with E-state index in [-0.39, 0.29) is 0 Å². The molecule has 5 nitrogen and oxygen atoms in total. The summed E-state index contributed by atoms with van der Waals surface area (Å²) in [6, 6.07) is 13.4. The Morgan fingerprint density at radius 1 is 0.833 bits per heavy atom. The van der Waals surface area contributed by atoms with Crippen LogP contribution in [0.4, 0.5) is 0 Å². The lowest BCUT2D eigenvalue weighted by molar-refractivity contribution is 0.203. The Balaban J connectivity index is 1.91. The average molecular weight is 331 g/mol. The molecule has 24 heavy (non-hydrogen) atoms. The van der Waals surface area contributed by atoms with Crippen molar-refractivity contribution in [3.8, 4) is 23.0 Å². The van der Waals surface area contributed by atoms with Gasteiger partial charge in [-0.3, -0.25) is 0 Å². The first-order chi connectivity index (χ1) is 11.8. The molecule has 0 aromatic heterocycles. The molecule has 0 fully saturated rings. The van der Waals surface area contributed by atoms with Gasteiger partial charge in [-0.2, -0.15) is 0 Å². The van der Waals surface area contributed by atoms with Gasteiger partial charge in [0.15, 0.2) is 23.0 Å². The van der Waals surface area contributed by atoms with E-state index in [0.29, 0.717) is 43.6 Å². The molecule has 2 N–H and O–H groups in total. The molecule has 0 spiro atoms. The maximum absolute atomic E-state index is 5.80. The fourth-order valence-corrected chi connectivity index (χ4v) is 2.30. The molecule has 2 rings (SSSR count). The number of nitrogens with two attached hydrogens (primary N) is 1. The van der Waals surface area contributed by atoms with Gasteiger partial charge in [-0.15, -0.1) is 0 Å². The van der Waals surface area contributed by atoms with Gasteiger partial charge in [-0.1, -0.05) is 18.2 Å². The lowest BCUT2D eigenvalue weighted by Crippen LogP contribution is -2.10. The lowest BCUT2D eigenvalue weighted by atomic mass is 10.1. The number of hydrogen-bond acceptors (Lipinski definition) is 5. The highest BCUT2D eigenvalue weighted by Gasteiger charge is 2.07. The molecule has 0 aliphatic rings. The number of hydrogen-bond donors (Lipinski definition) is 1. The number of ether oxygens (including phenoxy) is 4. The molecule has 5 heteroatoms. The SMILES string of the molecule is CCOc1cc(CCN)ccc1OCCOc1ccccc1OC. The van der Waals surface area contributed by atoms with Crippen LogP contribution in [0.15, 0.2) is 42.5 Å². The first-order valence-corrected chi connectivity index (χ1v) is 8.13. The normalized spacial score (nSPS) is 10.3. The van der Waals surface area contributed by atoms with E-state index in [1.165, 1.54) is 0 Å². The smallest absolute Gasteiger partial charge is 0.161 e. The van der Waals surface area contributed by atoms with Crippen molar-refractivity contribution in [2.45, 2.75) is 13.3 Å². The summed E-state index contributed by atoms with van der Waals surface area (Å²) < 4.78 is 22.4. The van der Waals surface area contributed by atoms with Crippen LogP contribution < -0.4 is 24.7 Å². The van der Waals surface area contributed by atoms with Gasteiger partial charge in [0, 0.05) is 0 Å². The molecule has 130 valence electrons. The summed E-state index contributed by atoms with van der Waals surface area (Å²) >= 11 is 0. The van der Waals surface area contributed by atoms with Gasteiger partial charge in [0.2, 0.25) is 0 Å². The van der Waals surface area contributed by atoms with Crippen LogP contribution in [0.3, 0.4) is 0 Å². The van der Waals surface area contributed by atoms with Gasteiger partial charge in [-0.05, 0) is 49.7 Å². The maximum Gasteiger partial charge on any atom is 0.161 e. The Labute approximate surface area is 143 Å². The largest absolute Gasteiger partial charge is 0.493 e. The van der Waals surface area contributed by atoms with E-state index in [4.69, 9.17) is 24.7 Å². The van der Waals surface area contributed by atoms with Gasteiger partial charge in [0.25, 0.3) is 0 Å². The van der Waals surface area contributed by atoms with Crippen molar-refractivity contribution in [3.05, 3.63) is 48.0 Å². The highest BCUT2D eigenvalue weighted by atomic mass is 16.5. The molecule has 0 heterocycles. The van der Waals surface area contributed by atoms with Crippen molar-refractivity contribution < 1.29 is 18.9 Å². The Morgan fingerprint density at radius 3 is 2.12 bits per heavy atom. The summed E-state index contributed by atoms with van der Waals surface area (Å²) in [7, 11) is 1.62. The Kier molecular flexibility index (Phi) is 7.23.